The monoisotopic (exact) mass is 259 g/mol. The maximum Gasteiger partial charge on any atom is 0.251 e. The summed E-state index contributed by atoms with van der Waals surface area (Å²) >= 11 is 11.6. The van der Waals surface area contributed by atoms with E-state index in [1.54, 1.807) is 18.2 Å². The van der Waals surface area contributed by atoms with E-state index in [1.807, 2.05) is 0 Å². The van der Waals surface area contributed by atoms with Crippen molar-refractivity contribution in [3.05, 3.63) is 33.8 Å². The average Bonchev–Trinajstić information content (AvgIpc) is 2.97. The highest BCUT2D eigenvalue weighted by Gasteiger charge is 2.43. The van der Waals surface area contributed by atoms with Gasteiger partial charge in [0.05, 0.1) is 12.1 Å². The van der Waals surface area contributed by atoms with E-state index in [4.69, 9.17) is 28.3 Å². The molecule has 0 atom stereocenters. The Morgan fingerprint density at radius 3 is 2.31 bits per heavy atom. The van der Waals surface area contributed by atoms with Crippen LogP contribution in [0.25, 0.3) is 0 Å². The molecule has 0 aromatic heterocycles. The van der Waals surface area contributed by atoms with E-state index < -0.39 is 5.54 Å². The predicted octanol–water partition coefficient (Wildman–Crippen LogP) is 2.25. The van der Waals surface area contributed by atoms with Crippen molar-refractivity contribution in [3.63, 3.8) is 0 Å². The number of hydrogen-bond donors (Lipinski definition) is 2. The second-order valence-electron chi connectivity index (χ2n) is 4.05. The summed E-state index contributed by atoms with van der Waals surface area (Å²) in [5.74, 6) is -0.254. The average molecular weight is 260 g/mol. The lowest BCUT2D eigenvalue weighted by Crippen LogP contribution is -2.39. The molecular weight excluding hydrogens is 249 g/mol. The maximum atomic E-state index is 11.8. The van der Waals surface area contributed by atoms with Gasteiger partial charge < -0.3 is 10.4 Å². The van der Waals surface area contributed by atoms with E-state index in [0.717, 1.165) is 12.8 Å². The third-order valence-corrected chi connectivity index (χ3v) is 3.10. The lowest BCUT2D eigenvalue weighted by Gasteiger charge is -2.14. The lowest BCUT2D eigenvalue weighted by molar-refractivity contribution is 0.0907. The molecule has 0 unspecified atom stereocenters. The van der Waals surface area contributed by atoms with Gasteiger partial charge in [-0.2, -0.15) is 0 Å². The summed E-state index contributed by atoms with van der Waals surface area (Å²) in [4.78, 5) is 11.8. The Kier molecular flexibility index (Phi) is 3.10. The van der Waals surface area contributed by atoms with Crippen molar-refractivity contribution in [2.75, 3.05) is 6.61 Å². The first kappa shape index (κ1) is 11.7. The summed E-state index contributed by atoms with van der Waals surface area (Å²) in [7, 11) is 0. The van der Waals surface area contributed by atoms with Crippen LogP contribution in [-0.4, -0.2) is 23.2 Å². The Morgan fingerprint density at radius 1 is 1.31 bits per heavy atom. The van der Waals surface area contributed by atoms with Crippen molar-refractivity contribution in [2.45, 2.75) is 18.4 Å². The summed E-state index contributed by atoms with van der Waals surface area (Å²) in [6, 6.07) is 4.67. The van der Waals surface area contributed by atoms with Gasteiger partial charge in [0.25, 0.3) is 5.91 Å². The third kappa shape index (κ3) is 2.48. The van der Waals surface area contributed by atoms with E-state index in [2.05, 4.69) is 5.32 Å². The van der Waals surface area contributed by atoms with Gasteiger partial charge in [0.2, 0.25) is 0 Å². The number of halogens is 2. The van der Waals surface area contributed by atoms with Crippen molar-refractivity contribution in [1.29, 1.82) is 0 Å². The molecular formula is C11H11Cl2NO2. The largest absolute Gasteiger partial charge is 0.394 e. The van der Waals surface area contributed by atoms with E-state index in [-0.39, 0.29) is 12.5 Å². The zero-order chi connectivity index (χ0) is 11.8. The second-order valence-corrected chi connectivity index (χ2v) is 4.92. The molecule has 0 radical (unpaired) electrons. The topological polar surface area (TPSA) is 49.3 Å². The van der Waals surface area contributed by atoms with Crippen molar-refractivity contribution in [1.82, 2.24) is 5.32 Å². The Bertz CT molecular complexity index is 410. The summed E-state index contributed by atoms with van der Waals surface area (Å²) in [5, 5.41) is 12.7. The number of aliphatic hydroxyl groups is 1. The van der Waals surface area contributed by atoms with E-state index in [1.165, 1.54) is 0 Å². The fraction of sp³-hybridized carbons (Fsp3) is 0.364. The van der Waals surface area contributed by atoms with Crippen LogP contribution >= 0.6 is 23.2 Å². The van der Waals surface area contributed by atoms with Crippen LogP contribution in [0.4, 0.5) is 0 Å². The molecule has 1 amide bonds. The van der Waals surface area contributed by atoms with Gasteiger partial charge in [0.1, 0.15) is 0 Å². The minimum Gasteiger partial charge on any atom is -0.394 e. The molecule has 1 fully saturated rings. The van der Waals surface area contributed by atoms with Gasteiger partial charge in [-0.05, 0) is 31.0 Å². The molecule has 0 aliphatic heterocycles. The Hall–Kier alpha value is -0.770. The fourth-order valence-electron chi connectivity index (χ4n) is 1.47. The highest BCUT2D eigenvalue weighted by Crippen LogP contribution is 2.35. The zero-order valence-electron chi connectivity index (χ0n) is 8.46. The normalized spacial score (nSPS) is 16.9. The highest BCUT2D eigenvalue weighted by atomic mass is 35.5. The molecule has 16 heavy (non-hydrogen) atoms. The van der Waals surface area contributed by atoms with E-state index in [0.29, 0.717) is 15.6 Å². The minimum atomic E-state index is -0.425. The van der Waals surface area contributed by atoms with Crippen LogP contribution in [0.1, 0.15) is 23.2 Å². The van der Waals surface area contributed by atoms with Crippen molar-refractivity contribution < 1.29 is 9.90 Å². The van der Waals surface area contributed by atoms with Crippen molar-refractivity contribution in [2.24, 2.45) is 0 Å². The number of aliphatic hydroxyl groups excluding tert-OH is 1. The molecule has 1 aliphatic rings. The molecule has 1 aromatic carbocycles. The van der Waals surface area contributed by atoms with Crippen LogP contribution in [0, 0.1) is 0 Å². The molecule has 1 saturated carbocycles. The number of hydrogen-bond acceptors (Lipinski definition) is 2. The quantitative estimate of drug-likeness (QED) is 0.875. The Labute approximate surface area is 103 Å². The van der Waals surface area contributed by atoms with Crippen LogP contribution in [0.5, 0.6) is 0 Å². The van der Waals surface area contributed by atoms with Gasteiger partial charge in [0.15, 0.2) is 0 Å². The van der Waals surface area contributed by atoms with Gasteiger partial charge >= 0.3 is 0 Å². The molecule has 3 nitrogen and oxygen atoms in total. The first-order valence-corrected chi connectivity index (χ1v) is 5.70. The maximum absolute atomic E-state index is 11.8. The highest BCUT2D eigenvalue weighted by molar-refractivity contribution is 6.35. The first-order valence-electron chi connectivity index (χ1n) is 4.94. The molecule has 0 heterocycles. The van der Waals surface area contributed by atoms with Gasteiger partial charge in [-0.25, -0.2) is 0 Å². The van der Waals surface area contributed by atoms with Crippen LogP contribution in [0.2, 0.25) is 10.0 Å². The van der Waals surface area contributed by atoms with Crippen LogP contribution < -0.4 is 5.32 Å². The molecule has 0 saturated heterocycles. The third-order valence-electron chi connectivity index (χ3n) is 2.66. The lowest BCUT2D eigenvalue weighted by atomic mass is 10.2. The van der Waals surface area contributed by atoms with Crippen molar-refractivity contribution in [3.8, 4) is 0 Å². The molecule has 0 bridgehead atoms. The molecule has 1 aromatic rings. The summed E-state index contributed by atoms with van der Waals surface area (Å²) in [6.07, 6.45) is 1.62. The Morgan fingerprint density at radius 2 is 1.88 bits per heavy atom. The predicted molar refractivity (Wildman–Crippen MR) is 63.0 cm³/mol. The van der Waals surface area contributed by atoms with E-state index in [9.17, 15) is 4.79 Å². The number of rotatable bonds is 3. The summed E-state index contributed by atoms with van der Waals surface area (Å²) < 4.78 is 0. The fourth-order valence-corrected chi connectivity index (χ4v) is 2.00. The zero-order valence-corrected chi connectivity index (χ0v) is 9.98. The van der Waals surface area contributed by atoms with Gasteiger partial charge in [-0.1, -0.05) is 23.2 Å². The second kappa shape index (κ2) is 4.24. The smallest absolute Gasteiger partial charge is 0.251 e. The molecule has 86 valence electrons. The molecule has 2 N–H and O–H groups in total. The number of benzene rings is 1. The number of carbonyl (C=O) groups excluding carboxylic acids is 1. The van der Waals surface area contributed by atoms with Gasteiger partial charge in [-0.15, -0.1) is 0 Å². The SMILES string of the molecule is O=C(NC1(CO)CC1)c1cc(Cl)cc(Cl)c1. The standard InChI is InChI=1S/C11H11Cl2NO2/c12-8-3-7(4-9(13)5-8)10(16)14-11(6-15)1-2-11/h3-5,15H,1-2,6H2,(H,14,16). The van der Waals surface area contributed by atoms with Crippen molar-refractivity contribution >= 4 is 29.1 Å². The number of amides is 1. The summed E-state index contributed by atoms with van der Waals surface area (Å²) in [6.45, 7) is -0.0347. The molecule has 5 heteroatoms. The molecule has 0 spiro atoms. The van der Waals surface area contributed by atoms with E-state index >= 15 is 0 Å². The van der Waals surface area contributed by atoms with Gasteiger partial charge in [0, 0.05) is 15.6 Å². The Balaban J connectivity index is 2.14. The van der Waals surface area contributed by atoms with Crippen LogP contribution in [0.15, 0.2) is 18.2 Å². The first-order chi connectivity index (χ1) is 7.54. The minimum absolute atomic E-state index is 0.0347. The summed E-state index contributed by atoms with van der Waals surface area (Å²) in [5.41, 5.74) is -0.0106. The van der Waals surface area contributed by atoms with Gasteiger partial charge in [-0.3, -0.25) is 4.79 Å². The van der Waals surface area contributed by atoms with Crippen LogP contribution in [-0.2, 0) is 0 Å². The van der Waals surface area contributed by atoms with Crippen LogP contribution in [0.3, 0.4) is 0 Å². The number of nitrogens with one attached hydrogen (secondary N) is 1. The molecule has 1 aliphatic carbocycles. The molecule has 2 rings (SSSR count). The number of carbonyl (C=O) groups is 1.